The van der Waals surface area contributed by atoms with Gasteiger partial charge in [0.2, 0.25) is 5.91 Å². The highest BCUT2D eigenvalue weighted by Gasteiger charge is 2.42. The van der Waals surface area contributed by atoms with Crippen molar-refractivity contribution in [3.05, 3.63) is 59.7 Å². The van der Waals surface area contributed by atoms with Crippen molar-refractivity contribution in [1.29, 1.82) is 0 Å². The molecule has 0 unspecified atom stereocenters. The lowest BCUT2D eigenvalue weighted by Gasteiger charge is -2.28. The summed E-state index contributed by atoms with van der Waals surface area (Å²) in [6.07, 6.45) is 0.967. The Kier molecular flexibility index (Phi) is 5.61. The smallest absolute Gasteiger partial charge is 0.233 e. The Balaban J connectivity index is 1.83. The predicted octanol–water partition coefficient (Wildman–Crippen LogP) is 3.62. The molecular formula is C22H25NO4. The van der Waals surface area contributed by atoms with Gasteiger partial charge < -0.3 is 14.7 Å². The second-order valence-electron chi connectivity index (χ2n) is 7.08. The molecule has 1 fully saturated rings. The quantitative estimate of drug-likeness (QED) is 0.759. The molecule has 1 N–H and O–H groups in total. The van der Waals surface area contributed by atoms with Crippen LogP contribution in [0.1, 0.15) is 41.8 Å². The molecule has 142 valence electrons. The molecule has 0 radical (unpaired) electrons. The number of carbonyl (C=O) groups excluding carboxylic acids is 2. The molecule has 0 aliphatic heterocycles. The van der Waals surface area contributed by atoms with Crippen LogP contribution in [0.5, 0.6) is 5.75 Å². The zero-order chi connectivity index (χ0) is 19.6. The van der Waals surface area contributed by atoms with Crippen LogP contribution < -0.4 is 9.64 Å². The number of ether oxygens (including phenoxy) is 1. The molecule has 0 heterocycles. The second kappa shape index (κ2) is 7.92. The van der Waals surface area contributed by atoms with Crippen molar-refractivity contribution in [3.63, 3.8) is 0 Å². The summed E-state index contributed by atoms with van der Waals surface area (Å²) < 4.78 is 5.24. The first-order chi connectivity index (χ1) is 12.9. The van der Waals surface area contributed by atoms with E-state index >= 15 is 0 Å². The van der Waals surface area contributed by atoms with Gasteiger partial charge in [-0.05, 0) is 43.4 Å². The lowest BCUT2D eigenvalue weighted by molar-refractivity contribution is -0.126. The summed E-state index contributed by atoms with van der Waals surface area (Å²) in [7, 11) is 3.31. The molecule has 1 aliphatic rings. The van der Waals surface area contributed by atoms with E-state index in [1.54, 1.807) is 49.4 Å². The molecule has 1 saturated carbocycles. The van der Waals surface area contributed by atoms with Crippen LogP contribution in [0.2, 0.25) is 0 Å². The van der Waals surface area contributed by atoms with E-state index < -0.39 is 12.0 Å². The van der Waals surface area contributed by atoms with Crippen LogP contribution in [-0.2, 0) is 4.79 Å². The van der Waals surface area contributed by atoms with E-state index in [0.29, 0.717) is 16.9 Å². The van der Waals surface area contributed by atoms with E-state index in [0.717, 1.165) is 18.5 Å². The van der Waals surface area contributed by atoms with E-state index in [2.05, 4.69) is 0 Å². The number of amides is 1. The molecule has 0 saturated heterocycles. The number of carbonyl (C=O) groups is 2. The third kappa shape index (κ3) is 4.19. The molecule has 2 aromatic rings. The topological polar surface area (TPSA) is 66.8 Å². The normalized spacial score (nSPS) is 15.7. The Hall–Kier alpha value is -2.66. The lowest BCUT2D eigenvalue weighted by Crippen LogP contribution is -2.37. The summed E-state index contributed by atoms with van der Waals surface area (Å²) in [5, 5.41) is 10.9. The summed E-state index contributed by atoms with van der Waals surface area (Å²) in [4.78, 5) is 26.2. The minimum Gasteiger partial charge on any atom is -0.497 e. The fourth-order valence-corrected chi connectivity index (χ4v) is 3.34. The van der Waals surface area contributed by atoms with Crippen LogP contribution >= 0.6 is 0 Å². The van der Waals surface area contributed by atoms with Crippen molar-refractivity contribution < 1.29 is 19.4 Å². The summed E-state index contributed by atoms with van der Waals surface area (Å²) in [6, 6.07) is 14.2. The summed E-state index contributed by atoms with van der Waals surface area (Å²) in [5.74, 6) is 0.199. The Bertz CT molecular complexity index is 826. The standard InChI is InChI=1S/C22H25NO4/c1-14(24)15-7-11-17(12-8-15)21(25)20(16-9-10-16)22(26)23(2)18-5-4-6-19(13-18)27-3/h4-8,11-13,16,20-21,25H,9-10H2,1-3H3/t20-,21-/m0/s1. The Morgan fingerprint density at radius 1 is 1.15 bits per heavy atom. The zero-order valence-corrected chi connectivity index (χ0v) is 15.9. The van der Waals surface area contributed by atoms with Crippen molar-refractivity contribution >= 4 is 17.4 Å². The Morgan fingerprint density at radius 2 is 1.81 bits per heavy atom. The van der Waals surface area contributed by atoms with E-state index in [1.165, 1.54) is 6.92 Å². The van der Waals surface area contributed by atoms with Gasteiger partial charge in [0.25, 0.3) is 0 Å². The molecule has 0 aromatic heterocycles. The maximum absolute atomic E-state index is 13.2. The molecule has 5 heteroatoms. The number of Topliss-reactive ketones (excluding diaryl/α,β-unsaturated/α-hetero) is 1. The lowest BCUT2D eigenvalue weighted by atomic mass is 9.89. The largest absolute Gasteiger partial charge is 0.497 e. The number of hydrogen-bond acceptors (Lipinski definition) is 4. The molecule has 5 nitrogen and oxygen atoms in total. The molecule has 1 aliphatic carbocycles. The van der Waals surface area contributed by atoms with Gasteiger partial charge in [0.05, 0.1) is 19.1 Å². The number of rotatable bonds is 7. The summed E-state index contributed by atoms with van der Waals surface area (Å²) in [5.41, 5.74) is 1.97. The van der Waals surface area contributed by atoms with Crippen molar-refractivity contribution in [3.8, 4) is 5.75 Å². The molecule has 0 spiro atoms. The van der Waals surface area contributed by atoms with Gasteiger partial charge in [-0.2, -0.15) is 0 Å². The zero-order valence-electron chi connectivity index (χ0n) is 15.9. The number of ketones is 1. The molecule has 2 aromatic carbocycles. The summed E-state index contributed by atoms with van der Waals surface area (Å²) >= 11 is 0. The van der Waals surface area contributed by atoms with Crippen LogP contribution in [0.3, 0.4) is 0 Å². The number of hydrogen-bond donors (Lipinski definition) is 1. The van der Waals surface area contributed by atoms with Crippen LogP contribution in [0.4, 0.5) is 5.69 Å². The first-order valence-electron chi connectivity index (χ1n) is 9.13. The number of methoxy groups -OCH3 is 1. The predicted molar refractivity (Wildman–Crippen MR) is 104 cm³/mol. The van der Waals surface area contributed by atoms with E-state index in [-0.39, 0.29) is 17.6 Å². The highest BCUT2D eigenvalue weighted by atomic mass is 16.5. The maximum Gasteiger partial charge on any atom is 0.233 e. The van der Waals surface area contributed by atoms with Gasteiger partial charge >= 0.3 is 0 Å². The van der Waals surface area contributed by atoms with Crippen molar-refractivity contribution in [2.24, 2.45) is 11.8 Å². The number of aliphatic hydroxyl groups excluding tert-OH is 1. The molecule has 2 atom stereocenters. The fraction of sp³-hybridized carbons (Fsp3) is 0.364. The Labute approximate surface area is 159 Å². The van der Waals surface area contributed by atoms with E-state index in [9.17, 15) is 14.7 Å². The van der Waals surface area contributed by atoms with Crippen molar-refractivity contribution in [2.75, 3.05) is 19.1 Å². The average molecular weight is 367 g/mol. The van der Waals surface area contributed by atoms with Gasteiger partial charge in [-0.25, -0.2) is 0 Å². The third-order valence-electron chi connectivity index (χ3n) is 5.19. The van der Waals surface area contributed by atoms with Gasteiger partial charge in [-0.3, -0.25) is 9.59 Å². The third-order valence-corrected chi connectivity index (χ3v) is 5.19. The van der Waals surface area contributed by atoms with Crippen molar-refractivity contribution in [1.82, 2.24) is 0 Å². The van der Waals surface area contributed by atoms with Crippen molar-refractivity contribution in [2.45, 2.75) is 25.9 Å². The van der Waals surface area contributed by atoms with Gasteiger partial charge in [0.15, 0.2) is 5.78 Å². The summed E-state index contributed by atoms with van der Waals surface area (Å²) in [6.45, 7) is 1.51. The first-order valence-corrected chi connectivity index (χ1v) is 9.13. The van der Waals surface area contributed by atoms with Gasteiger partial charge in [-0.1, -0.05) is 30.3 Å². The SMILES string of the molecule is COc1cccc(N(C)C(=O)[C@@H](C2CC2)[C@@H](O)c2ccc(C(C)=O)cc2)c1. The van der Waals surface area contributed by atoms with Gasteiger partial charge in [0, 0.05) is 24.4 Å². The molecular weight excluding hydrogens is 342 g/mol. The number of nitrogens with zero attached hydrogens (tertiary/aromatic N) is 1. The molecule has 27 heavy (non-hydrogen) atoms. The molecule has 1 amide bonds. The number of aliphatic hydroxyl groups is 1. The van der Waals surface area contributed by atoms with Gasteiger partial charge in [0.1, 0.15) is 5.75 Å². The minimum atomic E-state index is -0.904. The minimum absolute atomic E-state index is 0.0244. The molecule has 3 rings (SSSR count). The Morgan fingerprint density at radius 3 is 2.37 bits per heavy atom. The monoisotopic (exact) mass is 367 g/mol. The van der Waals surface area contributed by atoms with Gasteiger partial charge in [-0.15, -0.1) is 0 Å². The van der Waals surface area contributed by atoms with Crippen LogP contribution in [-0.4, -0.2) is 31.0 Å². The number of anilines is 1. The second-order valence-corrected chi connectivity index (χ2v) is 7.08. The van der Waals surface area contributed by atoms with E-state index in [1.807, 2.05) is 18.2 Å². The van der Waals surface area contributed by atoms with Crippen LogP contribution in [0, 0.1) is 11.8 Å². The van der Waals surface area contributed by atoms with Crippen LogP contribution in [0.25, 0.3) is 0 Å². The number of benzene rings is 2. The van der Waals surface area contributed by atoms with E-state index in [4.69, 9.17) is 4.74 Å². The van der Waals surface area contributed by atoms with Crippen LogP contribution in [0.15, 0.2) is 48.5 Å². The highest BCUT2D eigenvalue weighted by Crippen LogP contribution is 2.44. The highest BCUT2D eigenvalue weighted by molar-refractivity contribution is 5.96. The average Bonchev–Trinajstić information content (AvgIpc) is 3.52. The fourth-order valence-electron chi connectivity index (χ4n) is 3.34. The first kappa shape index (κ1) is 19.1. The molecule has 0 bridgehead atoms. The maximum atomic E-state index is 13.2.